The SMILES string of the molecule is C[C@@](O)(CCc1ccccc1)C1C[C@@H](O)CC[C@]12CO2. The number of hydrogen-bond donors (Lipinski definition) is 2. The second kappa shape index (κ2) is 5.14. The fraction of sp³-hybridized carbons (Fsp3) is 0.647. The van der Waals surface area contributed by atoms with Crippen LogP contribution in [0.4, 0.5) is 0 Å². The van der Waals surface area contributed by atoms with E-state index < -0.39 is 5.60 Å². The highest BCUT2D eigenvalue weighted by Crippen LogP contribution is 2.51. The zero-order valence-corrected chi connectivity index (χ0v) is 12.1. The number of aliphatic hydroxyl groups is 2. The summed E-state index contributed by atoms with van der Waals surface area (Å²) in [7, 11) is 0. The molecule has 1 aliphatic heterocycles. The summed E-state index contributed by atoms with van der Waals surface area (Å²) in [5.74, 6) is 0.0439. The molecule has 1 spiro atoms. The first-order valence-corrected chi connectivity index (χ1v) is 7.60. The van der Waals surface area contributed by atoms with Crippen LogP contribution in [0.15, 0.2) is 30.3 Å². The van der Waals surface area contributed by atoms with E-state index in [4.69, 9.17) is 4.74 Å². The van der Waals surface area contributed by atoms with Crippen LogP contribution in [0.25, 0.3) is 0 Å². The summed E-state index contributed by atoms with van der Waals surface area (Å²) >= 11 is 0. The van der Waals surface area contributed by atoms with Crippen molar-refractivity contribution in [1.29, 1.82) is 0 Å². The molecule has 2 N–H and O–H groups in total. The van der Waals surface area contributed by atoms with Crippen LogP contribution >= 0.6 is 0 Å². The Morgan fingerprint density at radius 2 is 2.05 bits per heavy atom. The number of benzene rings is 1. The van der Waals surface area contributed by atoms with Gasteiger partial charge in [0.25, 0.3) is 0 Å². The Labute approximate surface area is 120 Å². The molecule has 1 heterocycles. The largest absolute Gasteiger partial charge is 0.393 e. The summed E-state index contributed by atoms with van der Waals surface area (Å²) in [6.07, 6.45) is 3.60. The summed E-state index contributed by atoms with van der Waals surface area (Å²) < 4.78 is 5.67. The Hall–Kier alpha value is -0.900. The Kier molecular flexibility index (Phi) is 3.61. The van der Waals surface area contributed by atoms with Gasteiger partial charge in [-0.1, -0.05) is 30.3 Å². The lowest BCUT2D eigenvalue weighted by atomic mass is 9.68. The van der Waals surface area contributed by atoms with Gasteiger partial charge >= 0.3 is 0 Å². The van der Waals surface area contributed by atoms with E-state index in [1.165, 1.54) is 5.56 Å². The molecule has 20 heavy (non-hydrogen) atoms. The van der Waals surface area contributed by atoms with Crippen LogP contribution in [0, 0.1) is 5.92 Å². The first kappa shape index (κ1) is 14.1. The summed E-state index contributed by atoms with van der Waals surface area (Å²) in [4.78, 5) is 0. The lowest BCUT2D eigenvalue weighted by Crippen LogP contribution is -2.48. The molecule has 2 fully saturated rings. The van der Waals surface area contributed by atoms with Gasteiger partial charge in [0.2, 0.25) is 0 Å². The molecule has 1 aliphatic carbocycles. The number of hydrogen-bond acceptors (Lipinski definition) is 3. The quantitative estimate of drug-likeness (QED) is 0.830. The van der Waals surface area contributed by atoms with Crippen molar-refractivity contribution >= 4 is 0 Å². The van der Waals surface area contributed by atoms with Crippen LogP contribution in [0.3, 0.4) is 0 Å². The van der Waals surface area contributed by atoms with Crippen molar-refractivity contribution < 1.29 is 14.9 Å². The van der Waals surface area contributed by atoms with Crippen molar-refractivity contribution in [3.8, 4) is 0 Å². The molecule has 0 aromatic heterocycles. The van der Waals surface area contributed by atoms with Crippen molar-refractivity contribution in [2.45, 2.75) is 56.3 Å². The fourth-order valence-electron chi connectivity index (χ4n) is 3.66. The summed E-state index contributed by atoms with van der Waals surface area (Å²) in [5, 5.41) is 20.8. The van der Waals surface area contributed by atoms with Gasteiger partial charge < -0.3 is 14.9 Å². The van der Waals surface area contributed by atoms with Crippen molar-refractivity contribution in [3.63, 3.8) is 0 Å². The van der Waals surface area contributed by atoms with E-state index in [9.17, 15) is 10.2 Å². The molecule has 1 unspecified atom stereocenters. The van der Waals surface area contributed by atoms with E-state index >= 15 is 0 Å². The molecule has 1 saturated carbocycles. The maximum Gasteiger partial charge on any atom is 0.0973 e. The molecule has 0 amide bonds. The highest BCUT2D eigenvalue weighted by atomic mass is 16.6. The van der Waals surface area contributed by atoms with Crippen LogP contribution in [-0.4, -0.2) is 34.1 Å². The maximum absolute atomic E-state index is 10.9. The van der Waals surface area contributed by atoms with Gasteiger partial charge in [0.15, 0.2) is 0 Å². The van der Waals surface area contributed by atoms with Gasteiger partial charge in [-0.05, 0) is 44.6 Å². The Balaban J connectivity index is 1.67. The first-order valence-electron chi connectivity index (χ1n) is 7.60. The van der Waals surface area contributed by atoms with Crippen LogP contribution in [-0.2, 0) is 11.2 Å². The lowest BCUT2D eigenvalue weighted by molar-refractivity contribution is -0.0826. The summed E-state index contributed by atoms with van der Waals surface area (Å²) in [5.41, 5.74) is 0.308. The average Bonchev–Trinajstić information content (AvgIpc) is 3.21. The maximum atomic E-state index is 10.9. The van der Waals surface area contributed by atoms with Crippen LogP contribution in [0.1, 0.15) is 38.2 Å². The molecular formula is C17H24O3. The van der Waals surface area contributed by atoms with Crippen LogP contribution in [0.2, 0.25) is 0 Å². The van der Waals surface area contributed by atoms with Crippen LogP contribution in [0.5, 0.6) is 0 Å². The van der Waals surface area contributed by atoms with Crippen molar-refractivity contribution in [2.75, 3.05) is 6.61 Å². The van der Waals surface area contributed by atoms with E-state index in [0.29, 0.717) is 12.8 Å². The monoisotopic (exact) mass is 276 g/mol. The van der Waals surface area contributed by atoms with Crippen LogP contribution < -0.4 is 0 Å². The van der Waals surface area contributed by atoms with Gasteiger partial charge in [-0.2, -0.15) is 0 Å². The minimum atomic E-state index is -0.784. The second-order valence-electron chi connectivity index (χ2n) is 6.68. The zero-order chi connectivity index (χ0) is 14.2. The van der Waals surface area contributed by atoms with E-state index in [0.717, 1.165) is 25.9 Å². The predicted molar refractivity (Wildman–Crippen MR) is 77.4 cm³/mol. The number of rotatable bonds is 4. The highest BCUT2D eigenvalue weighted by molar-refractivity contribution is 5.16. The number of aryl methyl sites for hydroxylation is 1. The molecule has 110 valence electrons. The first-order chi connectivity index (χ1) is 9.52. The molecule has 1 aromatic carbocycles. The van der Waals surface area contributed by atoms with Gasteiger partial charge in [-0.25, -0.2) is 0 Å². The topological polar surface area (TPSA) is 53.0 Å². The van der Waals surface area contributed by atoms with E-state index in [2.05, 4.69) is 12.1 Å². The minimum Gasteiger partial charge on any atom is -0.393 e. The molecule has 0 radical (unpaired) electrons. The third-order valence-corrected chi connectivity index (χ3v) is 5.07. The van der Waals surface area contributed by atoms with E-state index in [-0.39, 0.29) is 17.6 Å². The van der Waals surface area contributed by atoms with Gasteiger partial charge in [0.05, 0.1) is 23.9 Å². The number of ether oxygens (including phenoxy) is 1. The molecule has 1 saturated heterocycles. The summed E-state index contributed by atoms with van der Waals surface area (Å²) in [6, 6.07) is 10.2. The standard InChI is InChI=1S/C17H24O3/c1-16(19,9-7-13-5-3-2-4-6-13)15-11-14(18)8-10-17(15)12-20-17/h2-6,14-15,18-19H,7-12H2,1H3/t14-,15?,16+,17-/m0/s1. The molecular weight excluding hydrogens is 252 g/mol. The van der Waals surface area contributed by atoms with Gasteiger partial charge in [-0.15, -0.1) is 0 Å². The van der Waals surface area contributed by atoms with Crippen molar-refractivity contribution in [2.24, 2.45) is 5.92 Å². The van der Waals surface area contributed by atoms with Crippen molar-refractivity contribution in [1.82, 2.24) is 0 Å². The summed E-state index contributed by atoms with van der Waals surface area (Å²) in [6.45, 7) is 2.65. The molecule has 1 aromatic rings. The van der Waals surface area contributed by atoms with E-state index in [1.54, 1.807) is 0 Å². The molecule has 3 nitrogen and oxygen atoms in total. The Bertz CT molecular complexity index is 451. The highest BCUT2D eigenvalue weighted by Gasteiger charge is 2.59. The molecule has 3 rings (SSSR count). The molecule has 3 heteroatoms. The lowest BCUT2D eigenvalue weighted by Gasteiger charge is -2.41. The van der Waals surface area contributed by atoms with Gasteiger partial charge in [0, 0.05) is 5.92 Å². The van der Waals surface area contributed by atoms with Gasteiger partial charge in [0.1, 0.15) is 0 Å². The number of aliphatic hydroxyl groups excluding tert-OH is 1. The normalized spacial score (nSPS) is 35.8. The third kappa shape index (κ3) is 2.76. The Morgan fingerprint density at radius 1 is 1.35 bits per heavy atom. The third-order valence-electron chi connectivity index (χ3n) is 5.07. The average molecular weight is 276 g/mol. The fourth-order valence-corrected chi connectivity index (χ4v) is 3.66. The zero-order valence-electron chi connectivity index (χ0n) is 12.1. The smallest absolute Gasteiger partial charge is 0.0973 e. The minimum absolute atomic E-state index is 0.0439. The number of epoxide rings is 1. The molecule has 0 bridgehead atoms. The van der Waals surface area contributed by atoms with E-state index in [1.807, 2.05) is 25.1 Å². The Morgan fingerprint density at radius 3 is 2.70 bits per heavy atom. The van der Waals surface area contributed by atoms with Gasteiger partial charge in [-0.3, -0.25) is 0 Å². The second-order valence-corrected chi connectivity index (χ2v) is 6.68. The van der Waals surface area contributed by atoms with Crippen molar-refractivity contribution in [3.05, 3.63) is 35.9 Å². The predicted octanol–water partition coefficient (Wildman–Crippen LogP) is 2.30. The molecule has 4 atom stereocenters. The molecule has 2 aliphatic rings.